The van der Waals surface area contributed by atoms with E-state index in [4.69, 9.17) is 5.73 Å². The van der Waals surface area contributed by atoms with Crippen molar-refractivity contribution in [1.82, 2.24) is 4.90 Å². The Bertz CT molecular complexity index is 196. The predicted molar refractivity (Wildman–Crippen MR) is 53.3 cm³/mol. The van der Waals surface area contributed by atoms with Gasteiger partial charge in [0.2, 0.25) is 0 Å². The van der Waals surface area contributed by atoms with Gasteiger partial charge in [-0.2, -0.15) is 0 Å². The Labute approximate surface area is 80.3 Å². The van der Waals surface area contributed by atoms with Crippen molar-refractivity contribution in [1.29, 1.82) is 0 Å². The number of carbonyl (C=O) groups is 1. The Morgan fingerprint density at radius 3 is 2.54 bits per heavy atom. The molecule has 76 valence electrons. The van der Waals surface area contributed by atoms with E-state index in [0.717, 1.165) is 19.5 Å². The van der Waals surface area contributed by atoms with E-state index in [-0.39, 0.29) is 6.03 Å². The fourth-order valence-electron chi connectivity index (χ4n) is 2.07. The molecule has 3 heteroatoms. The number of likely N-dealkylation sites (tertiary alicyclic amines) is 1. The van der Waals surface area contributed by atoms with Gasteiger partial charge >= 0.3 is 6.03 Å². The lowest BCUT2D eigenvalue weighted by Crippen LogP contribution is -2.33. The third-order valence-electron chi connectivity index (χ3n) is 2.50. The Morgan fingerprint density at radius 2 is 2.15 bits per heavy atom. The van der Waals surface area contributed by atoms with Crippen LogP contribution in [0, 0.1) is 11.3 Å². The van der Waals surface area contributed by atoms with E-state index >= 15 is 0 Å². The highest BCUT2D eigenvalue weighted by Crippen LogP contribution is 2.29. The zero-order chi connectivity index (χ0) is 10.1. The van der Waals surface area contributed by atoms with E-state index in [1.807, 2.05) is 0 Å². The number of nitrogens with two attached hydrogens (primary N) is 1. The van der Waals surface area contributed by atoms with E-state index < -0.39 is 0 Å². The van der Waals surface area contributed by atoms with Crippen molar-refractivity contribution in [3.05, 3.63) is 0 Å². The summed E-state index contributed by atoms with van der Waals surface area (Å²) in [6.45, 7) is 8.41. The van der Waals surface area contributed by atoms with Gasteiger partial charge in [-0.1, -0.05) is 20.8 Å². The molecule has 0 aliphatic carbocycles. The number of nitrogens with zero attached hydrogens (tertiary/aromatic N) is 1. The summed E-state index contributed by atoms with van der Waals surface area (Å²) >= 11 is 0. The minimum atomic E-state index is -0.267. The molecule has 1 aliphatic heterocycles. The van der Waals surface area contributed by atoms with Gasteiger partial charge in [-0.25, -0.2) is 4.79 Å². The first kappa shape index (κ1) is 10.4. The summed E-state index contributed by atoms with van der Waals surface area (Å²) in [6, 6.07) is -0.267. The molecule has 0 radical (unpaired) electrons. The molecular weight excluding hydrogens is 164 g/mol. The number of primary amides is 1. The lowest BCUT2D eigenvalue weighted by Gasteiger charge is -2.22. The largest absolute Gasteiger partial charge is 0.351 e. The highest BCUT2D eigenvalue weighted by atomic mass is 16.2. The number of hydrogen-bond donors (Lipinski definition) is 1. The van der Waals surface area contributed by atoms with Gasteiger partial charge < -0.3 is 10.6 Å². The number of carbonyl (C=O) groups excluding carboxylic acids is 1. The Kier molecular flexibility index (Phi) is 2.84. The first-order valence-corrected chi connectivity index (χ1v) is 4.93. The van der Waals surface area contributed by atoms with Gasteiger partial charge in [0.1, 0.15) is 0 Å². The maximum absolute atomic E-state index is 10.9. The molecule has 2 amide bonds. The lowest BCUT2D eigenvalue weighted by atomic mass is 9.84. The Hall–Kier alpha value is -0.730. The third-order valence-corrected chi connectivity index (χ3v) is 2.50. The summed E-state index contributed by atoms with van der Waals surface area (Å²) in [5.74, 6) is 0.646. The molecule has 1 unspecified atom stereocenters. The van der Waals surface area contributed by atoms with Crippen molar-refractivity contribution < 1.29 is 4.79 Å². The van der Waals surface area contributed by atoms with Crippen LogP contribution in [0.2, 0.25) is 0 Å². The van der Waals surface area contributed by atoms with Crippen LogP contribution in [-0.4, -0.2) is 24.0 Å². The number of hydrogen-bond acceptors (Lipinski definition) is 1. The van der Waals surface area contributed by atoms with Gasteiger partial charge in [0.15, 0.2) is 0 Å². The second-order valence-corrected chi connectivity index (χ2v) is 5.20. The zero-order valence-corrected chi connectivity index (χ0v) is 8.84. The van der Waals surface area contributed by atoms with Crippen LogP contribution in [0.4, 0.5) is 4.79 Å². The molecule has 13 heavy (non-hydrogen) atoms. The number of urea groups is 1. The lowest BCUT2D eigenvalue weighted by molar-refractivity contribution is 0.213. The van der Waals surface area contributed by atoms with Crippen LogP contribution in [0.15, 0.2) is 0 Å². The summed E-state index contributed by atoms with van der Waals surface area (Å²) in [7, 11) is 0. The molecule has 0 aromatic heterocycles. The SMILES string of the molecule is CC(C)(C)CC1CCN(C(N)=O)C1. The van der Waals surface area contributed by atoms with Crippen LogP contribution in [0.25, 0.3) is 0 Å². The molecule has 2 N–H and O–H groups in total. The maximum Gasteiger partial charge on any atom is 0.314 e. The molecule has 1 fully saturated rings. The van der Waals surface area contributed by atoms with Crippen molar-refractivity contribution in [2.24, 2.45) is 17.1 Å². The average Bonchev–Trinajstić information content (AvgIpc) is 2.31. The number of rotatable bonds is 1. The smallest absolute Gasteiger partial charge is 0.314 e. The molecule has 3 nitrogen and oxygen atoms in total. The first-order valence-electron chi connectivity index (χ1n) is 4.93. The van der Waals surface area contributed by atoms with Crippen LogP contribution < -0.4 is 5.73 Å². The quantitative estimate of drug-likeness (QED) is 0.664. The molecular formula is C10H20N2O. The monoisotopic (exact) mass is 184 g/mol. The highest BCUT2D eigenvalue weighted by Gasteiger charge is 2.27. The van der Waals surface area contributed by atoms with E-state index in [0.29, 0.717) is 11.3 Å². The molecule has 1 saturated heterocycles. The first-order chi connectivity index (χ1) is 5.88. The molecule has 1 atom stereocenters. The molecule has 1 aliphatic rings. The fourth-order valence-corrected chi connectivity index (χ4v) is 2.07. The number of amides is 2. The fraction of sp³-hybridized carbons (Fsp3) is 0.900. The van der Waals surface area contributed by atoms with E-state index in [1.165, 1.54) is 6.42 Å². The topological polar surface area (TPSA) is 46.3 Å². The van der Waals surface area contributed by atoms with Crippen molar-refractivity contribution in [2.75, 3.05) is 13.1 Å². The summed E-state index contributed by atoms with van der Waals surface area (Å²) in [5.41, 5.74) is 5.57. The van der Waals surface area contributed by atoms with Crippen molar-refractivity contribution in [3.63, 3.8) is 0 Å². The van der Waals surface area contributed by atoms with Crippen LogP contribution >= 0.6 is 0 Å². The summed E-state index contributed by atoms with van der Waals surface area (Å²) < 4.78 is 0. The van der Waals surface area contributed by atoms with Crippen LogP contribution in [0.1, 0.15) is 33.6 Å². The summed E-state index contributed by atoms with van der Waals surface area (Å²) in [5, 5.41) is 0. The molecule has 1 heterocycles. The van der Waals surface area contributed by atoms with Gasteiger partial charge in [-0.15, -0.1) is 0 Å². The maximum atomic E-state index is 10.9. The standard InChI is InChI=1S/C10H20N2O/c1-10(2,3)6-8-4-5-12(7-8)9(11)13/h8H,4-7H2,1-3H3,(H2,11,13). The molecule has 0 spiro atoms. The van der Waals surface area contributed by atoms with Gasteiger partial charge in [0.25, 0.3) is 0 Å². The molecule has 0 saturated carbocycles. The van der Waals surface area contributed by atoms with Crippen molar-refractivity contribution in [3.8, 4) is 0 Å². The zero-order valence-electron chi connectivity index (χ0n) is 8.84. The molecule has 1 rings (SSSR count). The Morgan fingerprint density at radius 1 is 1.54 bits per heavy atom. The van der Waals surface area contributed by atoms with Gasteiger partial charge in [0.05, 0.1) is 0 Å². The van der Waals surface area contributed by atoms with Gasteiger partial charge in [-0.05, 0) is 24.2 Å². The Balaban J connectivity index is 2.38. The van der Waals surface area contributed by atoms with Crippen molar-refractivity contribution >= 4 is 6.03 Å². The normalized spacial score (nSPS) is 23.6. The van der Waals surface area contributed by atoms with Crippen LogP contribution in [0.5, 0.6) is 0 Å². The third kappa shape index (κ3) is 3.25. The van der Waals surface area contributed by atoms with E-state index in [2.05, 4.69) is 20.8 Å². The minimum Gasteiger partial charge on any atom is -0.351 e. The van der Waals surface area contributed by atoms with E-state index in [9.17, 15) is 4.79 Å². The van der Waals surface area contributed by atoms with Crippen molar-refractivity contribution in [2.45, 2.75) is 33.6 Å². The predicted octanol–water partition coefficient (Wildman–Crippen LogP) is 1.82. The molecule has 0 aromatic rings. The second kappa shape index (κ2) is 3.56. The molecule has 0 aromatic carbocycles. The second-order valence-electron chi connectivity index (χ2n) is 5.20. The molecule has 0 bridgehead atoms. The van der Waals surface area contributed by atoms with Gasteiger partial charge in [0, 0.05) is 13.1 Å². The summed E-state index contributed by atoms with van der Waals surface area (Å²) in [4.78, 5) is 12.6. The highest BCUT2D eigenvalue weighted by molar-refractivity contribution is 5.72. The van der Waals surface area contributed by atoms with Crippen LogP contribution in [-0.2, 0) is 0 Å². The summed E-state index contributed by atoms with van der Waals surface area (Å²) in [6.07, 6.45) is 2.29. The average molecular weight is 184 g/mol. The van der Waals surface area contributed by atoms with E-state index in [1.54, 1.807) is 4.90 Å². The minimum absolute atomic E-state index is 0.267. The van der Waals surface area contributed by atoms with Crippen LogP contribution in [0.3, 0.4) is 0 Å². The van der Waals surface area contributed by atoms with Gasteiger partial charge in [-0.3, -0.25) is 0 Å².